The van der Waals surface area contributed by atoms with Gasteiger partial charge < -0.3 is 0 Å². The highest BCUT2D eigenvalue weighted by molar-refractivity contribution is 7.85. The summed E-state index contributed by atoms with van der Waals surface area (Å²) in [6.45, 7) is 1.14. The van der Waals surface area contributed by atoms with Crippen LogP contribution in [0.4, 0.5) is 0 Å². The minimum absolute atomic E-state index is 0.166. The highest BCUT2D eigenvalue weighted by atomic mass is 32.2. The van der Waals surface area contributed by atoms with Gasteiger partial charge in [-0.2, -0.15) is 8.42 Å². The van der Waals surface area contributed by atoms with Gasteiger partial charge in [0, 0.05) is 6.04 Å². The van der Waals surface area contributed by atoms with E-state index in [4.69, 9.17) is 4.55 Å². The molecule has 1 heterocycles. The molecule has 1 aromatic carbocycles. The van der Waals surface area contributed by atoms with Gasteiger partial charge in [-0.1, -0.05) is 24.3 Å². The summed E-state index contributed by atoms with van der Waals surface area (Å²) in [5, 5.41) is 0. The third-order valence-corrected chi connectivity index (χ3v) is 4.53. The molecule has 1 aliphatic rings. The first-order chi connectivity index (χ1) is 8.96. The fourth-order valence-corrected chi connectivity index (χ4v) is 3.26. The van der Waals surface area contributed by atoms with Crippen LogP contribution < -0.4 is 0 Å². The zero-order chi connectivity index (χ0) is 13.9. The molecule has 0 radical (unpaired) electrons. The summed E-state index contributed by atoms with van der Waals surface area (Å²) < 4.78 is 30.1. The Hall–Kier alpha value is -0.910. The van der Waals surface area contributed by atoms with E-state index in [1.165, 1.54) is 18.4 Å². The number of aryl methyl sites for hydroxylation is 1. The molecule has 0 aromatic heterocycles. The molecule has 106 valence electrons. The van der Waals surface area contributed by atoms with E-state index in [0.717, 1.165) is 12.1 Å². The van der Waals surface area contributed by atoms with Gasteiger partial charge in [0.2, 0.25) is 0 Å². The highest BCUT2D eigenvalue weighted by Crippen LogP contribution is 2.30. The number of nitrogens with zero attached hydrogens (tertiary/aromatic N) is 1. The van der Waals surface area contributed by atoms with E-state index in [1.807, 2.05) is 12.1 Å². The first-order valence-electron chi connectivity index (χ1n) is 6.70. The average Bonchev–Trinajstić information content (AvgIpc) is 2.74. The van der Waals surface area contributed by atoms with Gasteiger partial charge in [0.05, 0.1) is 5.75 Å². The summed E-state index contributed by atoms with van der Waals surface area (Å²) in [6, 6.07) is 8.84. The predicted molar refractivity (Wildman–Crippen MR) is 75.8 cm³/mol. The van der Waals surface area contributed by atoms with Crippen LogP contribution in [0.3, 0.4) is 0 Å². The predicted octanol–water partition coefficient (Wildman–Crippen LogP) is 2.27. The molecule has 4 nitrogen and oxygen atoms in total. The molecule has 0 bridgehead atoms. The van der Waals surface area contributed by atoms with Crippen molar-refractivity contribution in [3.05, 3.63) is 35.4 Å². The maximum Gasteiger partial charge on any atom is 0.264 e. The Morgan fingerprint density at radius 2 is 2.21 bits per heavy atom. The van der Waals surface area contributed by atoms with Crippen LogP contribution in [0.1, 0.15) is 36.4 Å². The van der Waals surface area contributed by atoms with Crippen molar-refractivity contribution in [1.82, 2.24) is 4.90 Å². The monoisotopic (exact) mass is 283 g/mol. The highest BCUT2D eigenvalue weighted by Gasteiger charge is 2.22. The maximum absolute atomic E-state index is 10.7. The molecule has 1 fully saturated rings. The van der Waals surface area contributed by atoms with Crippen molar-refractivity contribution in [3.63, 3.8) is 0 Å². The fourth-order valence-electron chi connectivity index (χ4n) is 2.75. The second kappa shape index (κ2) is 6.03. The molecular formula is C14H21NO3S. The van der Waals surface area contributed by atoms with E-state index in [1.54, 1.807) is 0 Å². The van der Waals surface area contributed by atoms with E-state index in [2.05, 4.69) is 24.1 Å². The molecule has 0 unspecified atom stereocenters. The van der Waals surface area contributed by atoms with Gasteiger partial charge in [0.25, 0.3) is 10.1 Å². The zero-order valence-corrected chi connectivity index (χ0v) is 12.1. The molecule has 1 saturated heterocycles. The van der Waals surface area contributed by atoms with Crippen molar-refractivity contribution >= 4 is 10.1 Å². The summed E-state index contributed by atoms with van der Waals surface area (Å²) in [4.78, 5) is 2.36. The van der Waals surface area contributed by atoms with Gasteiger partial charge in [0.1, 0.15) is 0 Å². The molecule has 0 spiro atoms. The second-order valence-corrected chi connectivity index (χ2v) is 6.85. The Morgan fingerprint density at radius 1 is 1.42 bits per heavy atom. The number of hydrogen-bond acceptors (Lipinski definition) is 3. The third-order valence-electron chi connectivity index (χ3n) is 3.72. The SMILES string of the molecule is CN1CCC[C@H]1c1cccc(CCCS(=O)(=O)O)c1. The van der Waals surface area contributed by atoms with Crippen molar-refractivity contribution in [2.24, 2.45) is 0 Å². The summed E-state index contributed by atoms with van der Waals surface area (Å²) in [5.41, 5.74) is 2.45. The van der Waals surface area contributed by atoms with Crippen LogP contribution in [0, 0.1) is 0 Å². The Kier molecular flexibility index (Phi) is 4.60. The molecule has 0 aliphatic carbocycles. The van der Waals surface area contributed by atoms with Crippen LogP contribution in [-0.4, -0.2) is 37.2 Å². The van der Waals surface area contributed by atoms with E-state index >= 15 is 0 Å². The van der Waals surface area contributed by atoms with Crippen molar-refractivity contribution < 1.29 is 13.0 Å². The molecule has 1 aliphatic heterocycles. The molecule has 1 aromatic rings. The first-order valence-corrected chi connectivity index (χ1v) is 8.31. The Labute approximate surface area is 115 Å². The molecule has 19 heavy (non-hydrogen) atoms. The van der Waals surface area contributed by atoms with Crippen LogP contribution in [0.2, 0.25) is 0 Å². The lowest BCUT2D eigenvalue weighted by Gasteiger charge is -2.20. The van der Waals surface area contributed by atoms with Crippen LogP contribution in [0.15, 0.2) is 24.3 Å². The zero-order valence-electron chi connectivity index (χ0n) is 11.2. The minimum atomic E-state index is -3.84. The third kappa shape index (κ3) is 4.30. The van der Waals surface area contributed by atoms with Gasteiger partial charge in [0.15, 0.2) is 0 Å². The van der Waals surface area contributed by atoms with Crippen LogP contribution in [0.25, 0.3) is 0 Å². The molecule has 1 N–H and O–H groups in total. The Balaban J connectivity index is 1.99. The quantitative estimate of drug-likeness (QED) is 0.842. The van der Waals surface area contributed by atoms with E-state index in [0.29, 0.717) is 18.9 Å². The largest absolute Gasteiger partial charge is 0.299 e. The standard InChI is InChI=1S/C14H21NO3S/c1-15-9-3-8-14(15)13-7-2-5-12(11-13)6-4-10-19(16,17)18/h2,5,7,11,14H,3-4,6,8-10H2,1H3,(H,16,17,18)/t14-/m0/s1. The Morgan fingerprint density at radius 3 is 2.84 bits per heavy atom. The van der Waals surface area contributed by atoms with Crippen molar-refractivity contribution in [3.8, 4) is 0 Å². The van der Waals surface area contributed by atoms with Crippen LogP contribution >= 0.6 is 0 Å². The van der Waals surface area contributed by atoms with Crippen molar-refractivity contribution in [1.29, 1.82) is 0 Å². The topological polar surface area (TPSA) is 57.6 Å². The molecule has 0 saturated carbocycles. The number of likely N-dealkylation sites (tertiary alicyclic amines) is 1. The van der Waals surface area contributed by atoms with E-state index in [-0.39, 0.29) is 5.75 Å². The van der Waals surface area contributed by atoms with Crippen LogP contribution in [-0.2, 0) is 16.5 Å². The van der Waals surface area contributed by atoms with Gasteiger partial charge >= 0.3 is 0 Å². The average molecular weight is 283 g/mol. The molecule has 0 amide bonds. The number of hydrogen-bond donors (Lipinski definition) is 1. The van der Waals surface area contributed by atoms with Gasteiger partial charge in [-0.3, -0.25) is 9.45 Å². The van der Waals surface area contributed by atoms with Gasteiger partial charge in [-0.05, 0) is 50.4 Å². The molecular weight excluding hydrogens is 262 g/mol. The number of benzene rings is 1. The fraction of sp³-hybridized carbons (Fsp3) is 0.571. The molecule has 2 rings (SSSR count). The van der Waals surface area contributed by atoms with Crippen LogP contribution in [0.5, 0.6) is 0 Å². The second-order valence-electron chi connectivity index (χ2n) is 5.27. The number of rotatable bonds is 5. The smallest absolute Gasteiger partial charge is 0.264 e. The summed E-state index contributed by atoms with van der Waals surface area (Å²) in [7, 11) is -1.70. The summed E-state index contributed by atoms with van der Waals surface area (Å²) >= 11 is 0. The summed E-state index contributed by atoms with van der Waals surface area (Å²) in [6.07, 6.45) is 3.56. The normalized spacial score (nSPS) is 20.8. The molecule has 5 heteroatoms. The van der Waals surface area contributed by atoms with Crippen molar-refractivity contribution in [2.45, 2.75) is 31.7 Å². The van der Waals surface area contributed by atoms with Gasteiger partial charge in [-0.15, -0.1) is 0 Å². The van der Waals surface area contributed by atoms with E-state index in [9.17, 15) is 8.42 Å². The lowest BCUT2D eigenvalue weighted by atomic mass is 10.0. The van der Waals surface area contributed by atoms with Crippen molar-refractivity contribution in [2.75, 3.05) is 19.3 Å². The van der Waals surface area contributed by atoms with E-state index < -0.39 is 10.1 Å². The first kappa shape index (κ1) is 14.5. The lowest BCUT2D eigenvalue weighted by Crippen LogP contribution is -2.17. The summed E-state index contributed by atoms with van der Waals surface area (Å²) in [5.74, 6) is -0.166. The lowest BCUT2D eigenvalue weighted by molar-refractivity contribution is 0.317. The Bertz CT molecular complexity index is 527. The minimum Gasteiger partial charge on any atom is -0.299 e. The van der Waals surface area contributed by atoms with Gasteiger partial charge in [-0.25, -0.2) is 0 Å². The molecule has 1 atom stereocenters. The maximum atomic E-state index is 10.7.